The number of nitrogens with one attached hydrogen (secondary N) is 1. The Bertz CT molecular complexity index is 526. The second-order valence-electron chi connectivity index (χ2n) is 3.29. The molecule has 1 aromatic carbocycles. The predicted octanol–water partition coefficient (Wildman–Crippen LogP) is 4.06. The lowest BCUT2D eigenvalue weighted by Gasteiger charge is -2.08. The van der Waals surface area contributed by atoms with Crippen molar-refractivity contribution in [1.82, 2.24) is 4.98 Å². The van der Waals surface area contributed by atoms with Gasteiger partial charge in [-0.3, -0.25) is 9.78 Å². The number of carbonyl (C=O) groups is 1. The Kier molecular flexibility index (Phi) is 5.41. The molecule has 0 aliphatic heterocycles. The van der Waals surface area contributed by atoms with E-state index in [0.717, 1.165) is 0 Å². The summed E-state index contributed by atoms with van der Waals surface area (Å²) in [6, 6.07) is 8.26. The average molecular weight is 304 g/mol. The first-order valence-electron chi connectivity index (χ1n) is 4.84. The second kappa shape index (κ2) is 6.59. The third kappa shape index (κ3) is 3.35. The van der Waals surface area contributed by atoms with Crippen LogP contribution in [-0.2, 0) is 0 Å². The van der Waals surface area contributed by atoms with Gasteiger partial charge >= 0.3 is 0 Å². The Hall–Kier alpha value is -1.29. The quantitative estimate of drug-likeness (QED) is 0.909. The first-order valence-corrected chi connectivity index (χ1v) is 5.59. The van der Waals surface area contributed by atoms with Crippen molar-refractivity contribution in [3.63, 3.8) is 0 Å². The van der Waals surface area contributed by atoms with Crippen LogP contribution in [0.5, 0.6) is 0 Å². The Morgan fingerprint density at radius 3 is 2.17 bits per heavy atom. The van der Waals surface area contributed by atoms with Gasteiger partial charge in [-0.05, 0) is 24.3 Å². The lowest BCUT2D eigenvalue weighted by molar-refractivity contribution is 0.102. The number of amides is 1. The predicted molar refractivity (Wildman–Crippen MR) is 75.9 cm³/mol. The molecule has 0 atom stereocenters. The van der Waals surface area contributed by atoms with E-state index in [0.29, 0.717) is 21.3 Å². The zero-order valence-corrected chi connectivity index (χ0v) is 11.4. The summed E-state index contributed by atoms with van der Waals surface area (Å²) in [7, 11) is 0. The minimum Gasteiger partial charge on any atom is -0.319 e. The molecule has 0 fully saturated rings. The molecule has 3 nitrogen and oxygen atoms in total. The second-order valence-corrected chi connectivity index (χ2v) is 4.10. The molecule has 1 N–H and O–H groups in total. The molecule has 1 aromatic heterocycles. The Morgan fingerprint density at radius 2 is 1.61 bits per heavy atom. The molecule has 0 unspecified atom stereocenters. The topological polar surface area (TPSA) is 42.0 Å². The maximum Gasteiger partial charge on any atom is 0.255 e. The molecule has 0 bridgehead atoms. The number of carbonyl (C=O) groups excluding carboxylic acids is 1. The highest BCUT2D eigenvalue weighted by Gasteiger charge is 2.10. The number of aromatic nitrogens is 1. The van der Waals surface area contributed by atoms with Gasteiger partial charge in [0.2, 0.25) is 0 Å². The van der Waals surface area contributed by atoms with Crippen LogP contribution in [0, 0.1) is 0 Å². The van der Waals surface area contributed by atoms with Crippen molar-refractivity contribution < 1.29 is 4.79 Å². The van der Waals surface area contributed by atoms with Gasteiger partial charge in [-0.15, -0.1) is 12.4 Å². The number of benzene rings is 1. The van der Waals surface area contributed by atoms with E-state index in [1.807, 2.05) is 0 Å². The highest BCUT2D eigenvalue weighted by Crippen LogP contribution is 2.30. The zero-order valence-electron chi connectivity index (χ0n) is 9.06. The van der Waals surface area contributed by atoms with E-state index in [2.05, 4.69) is 10.3 Å². The van der Waals surface area contributed by atoms with Gasteiger partial charge in [0.05, 0.1) is 15.7 Å². The molecule has 0 aliphatic carbocycles. The fourth-order valence-electron chi connectivity index (χ4n) is 1.31. The number of pyridine rings is 1. The lowest BCUT2D eigenvalue weighted by Crippen LogP contribution is -2.12. The first-order chi connectivity index (χ1) is 8.18. The van der Waals surface area contributed by atoms with Gasteiger partial charge in [-0.1, -0.05) is 29.3 Å². The van der Waals surface area contributed by atoms with Crippen molar-refractivity contribution in [2.24, 2.45) is 0 Å². The minimum atomic E-state index is -0.276. The highest BCUT2D eigenvalue weighted by atomic mass is 35.5. The van der Waals surface area contributed by atoms with E-state index < -0.39 is 0 Å². The van der Waals surface area contributed by atoms with Crippen LogP contribution in [-0.4, -0.2) is 10.9 Å². The van der Waals surface area contributed by atoms with Crippen LogP contribution in [0.2, 0.25) is 10.0 Å². The number of anilines is 1. The molecule has 2 aromatic rings. The summed E-state index contributed by atoms with van der Waals surface area (Å²) in [6.45, 7) is 0. The fourth-order valence-corrected chi connectivity index (χ4v) is 1.80. The van der Waals surface area contributed by atoms with Crippen molar-refractivity contribution in [3.8, 4) is 0 Å². The van der Waals surface area contributed by atoms with E-state index in [9.17, 15) is 4.79 Å². The smallest absolute Gasteiger partial charge is 0.255 e. The van der Waals surface area contributed by atoms with Gasteiger partial charge in [-0.2, -0.15) is 0 Å². The maximum atomic E-state index is 11.9. The molecule has 18 heavy (non-hydrogen) atoms. The van der Waals surface area contributed by atoms with Crippen LogP contribution in [0.25, 0.3) is 0 Å². The first kappa shape index (κ1) is 14.8. The van der Waals surface area contributed by atoms with E-state index >= 15 is 0 Å². The molecule has 6 heteroatoms. The van der Waals surface area contributed by atoms with Crippen LogP contribution >= 0.6 is 35.6 Å². The van der Waals surface area contributed by atoms with Gasteiger partial charge in [0.25, 0.3) is 5.91 Å². The molecule has 2 rings (SSSR count). The van der Waals surface area contributed by atoms with Gasteiger partial charge in [0.15, 0.2) is 0 Å². The molecule has 1 amide bonds. The molecule has 0 saturated heterocycles. The van der Waals surface area contributed by atoms with Crippen LogP contribution in [0.1, 0.15) is 10.4 Å². The summed E-state index contributed by atoms with van der Waals surface area (Å²) >= 11 is 11.9. The summed E-state index contributed by atoms with van der Waals surface area (Å²) in [5.74, 6) is -0.276. The molecule has 0 aliphatic rings. The SMILES string of the molecule is Cl.O=C(Nc1c(Cl)cccc1Cl)c1ccncc1. The molecule has 94 valence electrons. The number of halogens is 3. The monoisotopic (exact) mass is 302 g/mol. The summed E-state index contributed by atoms with van der Waals surface area (Å²) in [5.41, 5.74) is 0.911. The summed E-state index contributed by atoms with van der Waals surface area (Å²) in [6.07, 6.45) is 3.09. The minimum absolute atomic E-state index is 0. The number of hydrogen-bond donors (Lipinski definition) is 1. The van der Waals surface area contributed by atoms with Crippen LogP contribution < -0.4 is 5.32 Å². The number of nitrogens with zero attached hydrogens (tertiary/aromatic N) is 1. The maximum absolute atomic E-state index is 11.9. The van der Waals surface area contributed by atoms with Crippen molar-refractivity contribution in [2.75, 3.05) is 5.32 Å². The van der Waals surface area contributed by atoms with Gasteiger partial charge in [0, 0.05) is 18.0 Å². The molecule has 0 spiro atoms. The van der Waals surface area contributed by atoms with Gasteiger partial charge < -0.3 is 5.32 Å². The Balaban J connectivity index is 0.00000162. The molecule has 0 saturated carbocycles. The summed E-state index contributed by atoms with van der Waals surface area (Å²) < 4.78 is 0. The normalized spacial score (nSPS) is 9.44. The molecular formula is C12H9Cl3N2O. The van der Waals surface area contributed by atoms with E-state index in [-0.39, 0.29) is 18.3 Å². The third-order valence-corrected chi connectivity index (χ3v) is 2.77. The fraction of sp³-hybridized carbons (Fsp3) is 0. The largest absolute Gasteiger partial charge is 0.319 e. The number of hydrogen-bond acceptors (Lipinski definition) is 2. The number of rotatable bonds is 2. The summed E-state index contributed by atoms with van der Waals surface area (Å²) in [5, 5.41) is 3.47. The molecular weight excluding hydrogens is 295 g/mol. The van der Waals surface area contributed by atoms with Gasteiger partial charge in [0.1, 0.15) is 0 Å². The van der Waals surface area contributed by atoms with Crippen molar-refractivity contribution in [3.05, 3.63) is 58.3 Å². The van der Waals surface area contributed by atoms with Crippen LogP contribution in [0.15, 0.2) is 42.7 Å². The molecule has 0 radical (unpaired) electrons. The van der Waals surface area contributed by atoms with Crippen molar-refractivity contribution in [1.29, 1.82) is 0 Å². The van der Waals surface area contributed by atoms with Crippen LogP contribution in [0.4, 0.5) is 5.69 Å². The Morgan fingerprint density at radius 1 is 1.06 bits per heavy atom. The lowest BCUT2D eigenvalue weighted by atomic mass is 10.2. The van der Waals surface area contributed by atoms with Crippen LogP contribution in [0.3, 0.4) is 0 Å². The van der Waals surface area contributed by atoms with Gasteiger partial charge in [-0.25, -0.2) is 0 Å². The van der Waals surface area contributed by atoms with E-state index in [1.54, 1.807) is 42.7 Å². The average Bonchev–Trinajstić information content (AvgIpc) is 2.35. The molecule has 1 heterocycles. The highest BCUT2D eigenvalue weighted by molar-refractivity contribution is 6.40. The third-order valence-electron chi connectivity index (χ3n) is 2.14. The standard InChI is InChI=1S/C12H8Cl2N2O.ClH/c13-9-2-1-3-10(14)11(9)16-12(17)8-4-6-15-7-5-8;/h1-7H,(H,16,17);1H. The van der Waals surface area contributed by atoms with E-state index in [4.69, 9.17) is 23.2 Å². The number of para-hydroxylation sites is 1. The Labute approximate surface area is 121 Å². The van der Waals surface area contributed by atoms with Crippen molar-refractivity contribution >= 4 is 47.2 Å². The zero-order chi connectivity index (χ0) is 12.3. The van der Waals surface area contributed by atoms with E-state index in [1.165, 1.54) is 0 Å². The van der Waals surface area contributed by atoms with Crippen molar-refractivity contribution in [2.45, 2.75) is 0 Å². The summed E-state index contributed by atoms with van der Waals surface area (Å²) in [4.78, 5) is 15.7.